The highest BCUT2D eigenvalue weighted by atomic mass is 35.5. The second-order valence-electron chi connectivity index (χ2n) is 3.42. The van der Waals surface area contributed by atoms with Crippen molar-refractivity contribution < 1.29 is 10.0 Å². The lowest BCUT2D eigenvalue weighted by atomic mass is 10.1. The third-order valence-corrected chi connectivity index (χ3v) is 2.30. The minimum Gasteiger partial charge on any atom is -0.393 e. The molecule has 5 heteroatoms. The molecule has 1 atom stereocenters. The van der Waals surface area contributed by atoms with Gasteiger partial charge in [0.05, 0.1) is 11.0 Å². The van der Waals surface area contributed by atoms with Crippen molar-refractivity contribution in [2.24, 2.45) is 0 Å². The highest BCUT2D eigenvalue weighted by Crippen LogP contribution is 2.24. The van der Waals surface area contributed by atoms with Crippen molar-refractivity contribution >= 4 is 17.3 Å². The van der Waals surface area contributed by atoms with Gasteiger partial charge in [-0.05, 0) is 31.9 Å². The van der Waals surface area contributed by atoms with Crippen LogP contribution in [-0.4, -0.2) is 16.1 Å². The van der Waals surface area contributed by atoms with Gasteiger partial charge in [-0.2, -0.15) is 0 Å². The van der Waals surface area contributed by atoms with Gasteiger partial charge in [0.25, 0.3) is 5.69 Å². The lowest BCUT2D eigenvalue weighted by molar-refractivity contribution is -0.385. The molecular weight excluding hydrogens is 218 g/mol. The van der Waals surface area contributed by atoms with Gasteiger partial charge in [0.15, 0.2) is 0 Å². The molecule has 1 aromatic rings. The van der Waals surface area contributed by atoms with Crippen LogP contribution in [0.1, 0.15) is 18.9 Å². The Bertz CT molecular complexity index is 366. The maximum Gasteiger partial charge on any atom is 0.272 e. The Morgan fingerprint density at radius 3 is 2.80 bits per heavy atom. The average Bonchev–Trinajstić information content (AvgIpc) is 2.14. The van der Waals surface area contributed by atoms with E-state index in [-0.39, 0.29) is 5.69 Å². The minimum atomic E-state index is -0.469. The van der Waals surface area contributed by atoms with Crippen LogP contribution in [0.15, 0.2) is 18.2 Å². The summed E-state index contributed by atoms with van der Waals surface area (Å²) >= 11 is 5.75. The van der Waals surface area contributed by atoms with Gasteiger partial charge in [-0.1, -0.05) is 11.6 Å². The van der Waals surface area contributed by atoms with Gasteiger partial charge in [-0.25, -0.2) is 0 Å². The molecule has 0 saturated carbocycles. The number of hydrogen-bond acceptors (Lipinski definition) is 3. The molecule has 0 radical (unpaired) electrons. The number of aliphatic hydroxyl groups excluding tert-OH is 1. The molecule has 1 unspecified atom stereocenters. The first kappa shape index (κ1) is 11.9. The molecular formula is C10H12ClNO3. The number of nitro benzene ring substituents is 1. The zero-order chi connectivity index (χ0) is 11.4. The van der Waals surface area contributed by atoms with Gasteiger partial charge in [0.1, 0.15) is 0 Å². The van der Waals surface area contributed by atoms with Crippen molar-refractivity contribution in [1.29, 1.82) is 0 Å². The lowest BCUT2D eigenvalue weighted by Crippen LogP contribution is -2.03. The number of nitro groups is 1. The molecule has 0 aliphatic rings. The van der Waals surface area contributed by atoms with E-state index in [9.17, 15) is 10.1 Å². The van der Waals surface area contributed by atoms with E-state index in [1.54, 1.807) is 13.0 Å². The van der Waals surface area contributed by atoms with Crippen molar-refractivity contribution in [1.82, 2.24) is 0 Å². The fourth-order valence-electron chi connectivity index (χ4n) is 1.30. The van der Waals surface area contributed by atoms with E-state index in [4.69, 9.17) is 16.7 Å². The largest absolute Gasteiger partial charge is 0.393 e. The molecule has 1 rings (SSSR count). The van der Waals surface area contributed by atoms with Crippen LogP contribution in [0.4, 0.5) is 5.69 Å². The Morgan fingerprint density at radius 2 is 2.27 bits per heavy atom. The van der Waals surface area contributed by atoms with Gasteiger partial charge >= 0.3 is 0 Å². The fraction of sp³-hybridized carbons (Fsp3) is 0.400. The number of rotatable bonds is 4. The van der Waals surface area contributed by atoms with Crippen LogP contribution in [0.2, 0.25) is 5.02 Å². The molecule has 15 heavy (non-hydrogen) atoms. The molecule has 0 heterocycles. The first-order chi connectivity index (χ1) is 7.00. The second-order valence-corrected chi connectivity index (χ2v) is 3.85. The molecule has 0 amide bonds. The Hall–Kier alpha value is -1.13. The van der Waals surface area contributed by atoms with Crippen LogP contribution in [-0.2, 0) is 6.42 Å². The van der Waals surface area contributed by atoms with Crippen LogP contribution in [0.25, 0.3) is 0 Å². The summed E-state index contributed by atoms with van der Waals surface area (Å²) in [5.74, 6) is 0. The summed E-state index contributed by atoms with van der Waals surface area (Å²) in [7, 11) is 0. The SMILES string of the molecule is CC(O)CCc1cc(Cl)ccc1[N+](=O)[O-]. The van der Waals surface area contributed by atoms with Gasteiger partial charge in [-0.3, -0.25) is 10.1 Å². The zero-order valence-corrected chi connectivity index (χ0v) is 9.07. The molecule has 0 fully saturated rings. The summed E-state index contributed by atoms with van der Waals surface area (Å²) in [6.07, 6.45) is 0.471. The monoisotopic (exact) mass is 229 g/mol. The van der Waals surface area contributed by atoms with Gasteiger partial charge < -0.3 is 5.11 Å². The summed E-state index contributed by atoms with van der Waals surface area (Å²) in [4.78, 5) is 10.2. The van der Waals surface area contributed by atoms with Gasteiger partial charge in [0, 0.05) is 16.7 Å². The third kappa shape index (κ3) is 3.49. The summed E-state index contributed by atoms with van der Waals surface area (Å²) in [5, 5.41) is 20.3. The third-order valence-electron chi connectivity index (χ3n) is 2.07. The maximum atomic E-state index is 10.7. The maximum absolute atomic E-state index is 10.7. The van der Waals surface area contributed by atoms with Crippen molar-refractivity contribution in [3.05, 3.63) is 38.9 Å². The predicted octanol–water partition coefficient (Wildman–Crippen LogP) is 2.56. The van der Waals surface area contributed by atoms with Crippen LogP contribution in [0, 0.1) is 10.1 Å². The first-order valence-corrected chi connectivity index (χ1v) is 4.99. The summed E-state index contributed by atoms with van der Waals surface area (Å²) < 4.78 is 0. The van der Waals surface area contributed by atoms with E-state index >= 15 is 0 Å². The summed E-state index contributed by atoms with van der Waals surface area (Å²) in [6.45, 7) is 1.65. The van der Waals surface area contributed by atoms with E-state index < -0.39 is 11.0 Å². The van der Waals surface area contributed by atoms with Crippen molar-refractivity contribution in [2.75, 3.05) is 0 Å². The number of halogens is 1. The zero-order valence-electron chi connectivity index (χ0n) is 8.31. The lowest BCUT2D eigenvalue weighted by Gasteiger charge is -2.05. The fourth-order valence-corrected chi connectivity index (χ4v) is 1.49. The number of hydrogen-bond donors (Lipinski definition) is 1. The van der Waals surface area contributed by atoms with E-state index in [1.165, 1.54) is 12.1 Å². The number of benzene rings is 1. The standard InChI is InChI=1S/C10H12ClNO3/c1-7(13)2-3-8-6-9(11)4-5-10(8)12(14)15/h4-7,13H,2-3H2,1H3. The quantitative estimate of drug-likeness (QED) is 0.638. The highest BCUT2D eigenvalue weighted by Gasteiger charge is 2.13. The topological polar surface area (TPSA) is 63.4 Å². The smallest absolute Gasteiger partial charge is 0.272 e. The molecule has 0 aromatic heterocycles. The molecule has 0 aliphatic carbocycles. The number of aryl methyl sites for hydroxylation is 1. The van der Waals surface area contributed by atoms with Gasteiger partial charge in [-0.15, -0.1) is 0 Å². The number of nitrogens with zero attached hydrogens (tertiary/aromatic N) is 1. The minimum absolute atomic E-state index is 0.0556. The van der Waals surface area contributed by atoms with Crippen molar-refractivity contribution in [3.63, 3.8) is 0 Å². The Labute approximate surface area is 92.6 Å². The predicted molar refractivity (Wildman–Crippen MR) is 58.1 cm³/mol. The van der Waals surface area contributed by atoms with E-state index in [0.717, 1.165) is 0 Å². The van der Waals surface area contributed by atoms with E-state index in [1.807, 2.05) is 0 Å². The Morgan fingerprint density at radius 1 is 1.60 bits per heavy atom. The molecule has 1 N–H and O–H groups in total. The summed E-state index contributed by atoms with van der Waals surface area (Å²) in [5.41, 5.74) is 0.619. The Kier molecular flexibility index (Phi) is 4.05. The Balaban J connectivity index is 2.92. The normalized spacial score (nSPS) is 12.5. The molecule has 82 valence electrons. The van der Waals surface area contributed by atoms with Crippen LogP contribution >= 0.6 is 11.6 Å². The van der Waals surface area contributed by atoms with E-state index in [0.29, 0.717) is 23.4 Å². The van der Waals surface area contributed by atoms with Crippen LogP contribution in [0.3, 0.4) is 0 Å². The van der Waals surface area contributed by atoms with E-state index in [2.05, 4.69) is 0 Å². The van der Waals surface area contributed by atoms with Crippen LogP contribution < -0.4 is 0 Å². The molecule has 0 saturated heterocycles. The molecule has 1 aromatic carbocycles. The van der Waals surface area contributed by atoms with Crippen molar-refractivity contribution in [3.8, 4) is 0 Å². The van der Waals surface area contributed by atoms with Gasteiger partial charge in [0.2, 0.25) is 0 Å². The molecule has 4 nitrogen and oxygen atoms in total. The first-order valence-electron chi connectivity index (χ1n) is 4.61. The summed E-state index contributed by atoms with van der Waals surface area (Å²) in [6, 6.07) is 4.45. The molecule has 0 spiro atoms. The number of aliphatic hydroxyl groups is 1. The highest BCUT2D eigenvalue weighted by molar-refractivity contribution is 6.30. The van der Waals surface area contributed by atoms with Crippen molar-refractivity contribution in [2.45, 2.75) is 25.9 Å². The van der Waals surface area contributed by atoms with Crippen LogP contribution in [0.5, 0.6) is 0 Å². The molecule has 0 aliphatic heterocycles. The second kappa shape index (κ2) is 5.09. The average molecular weight is 230 g/mol. The molecule has 0 bridgehead atoms.